The molecule has 0 amide bonds. The van der Waals surface area contributed by atoms with E-state index in [1.807, 2.05) is 5.92 Å². The van der Waals surface area contributed by atoms with Gasteiger partial charge in [0.25, 0.3) is 0 Å². The normalized spacial score (nSPS) is 42.9. The van der Waals surface area contributed by atoms with E-state index in [0.29, 0.717) is 0 Å². The Morgan fingerprint density at radius 2 is 1.79 bits per heavy atom. The zero-order valence-electron chi connectivity index (χ0n) is 7.07. The molecular formula is C8H10O6. The number of carboxylic acid groups (broad SMARTS) is 1. The smallest absolute Gasteiger partial charge is 0.335 e. The fraction of sp³-hybridized carbons (Fsp3) is 0.625. The molecule has 1 aliphatic rings. The van der Waals surface area contributed by atoms with Crippen molar-refractivity contribution in [3.8, 4) is 12.3 Å². The summed E-state index contributed by atoms with van der Waals surface area (Å²) in [5.41, 5.74) is 0. The molecule has 1 rings (SSSR count). The first kappa shape index (κ1) is 10.9. The van der Waals surface area contributed by atoms with E-state index in [9.17, 15) is 20.1 Å². The van der Waals surface area contributed by atoms with Gasteiger partial charge in [-0.25, -0.2) is 4.79 Å². The molecule has 0 saturated carbocycles. The minimum absolute atomic E-state index is 1.23. The van der Waals surface area contributed by atoms with Gasteiger partial charge in [0, 0.05) is 0 Å². The summed E-state index contributed by atoms with van der Waals surface area (Å²) in [5, 5.41) is 36.3. The molecule has 0 aromatic heterocycles. The van der Waals surface area contributed by atoms with Crippen molar-refractivity contribution in [2.45, 2.75) is 30.5 Å². The van der Waals surface area contributed by atoms with E-state index >= 15 is 0 Å². The molecule has 0 aliphatic carbocycles. The number of ether oxygens (including phenoxy) is 1. The third-order valence-corrected chi connectivity index (χ3v) is 2.02. The molecule has 0 spiro atoms. The number of rotatable bonds is 1. The maximum absolute atomic E-state index is 10.5. The van der Waals surface area contributed by atoms with Gasteiger partial charge < -0.3 is 25.2 Å². The molecule has 6 heteroatoms. The largest absolute Gasteiger partial charge is 0.479 e. The minimum Gasteiger partial charge on any atom is -0.479 e. The molecule has 0 aromatic carbocycles. The lowest BCUT2D eigenvalue weighted by atomic mass is 9.95. The average Bonchev–Trinajstić information content (AvgIpc) is 2.14. The number of terminal acetylenes is 1. The van der Waals surface area contributed by atoms with Crippen LogP contribution in [0.1, 0.15) is 0 Å². The van der Waals surface area contributed by atoms with Gasteiger partial charge in [0.15, 0.2) is 6.10 Å². The predicted octanol–water partition coefficient (Wildman–Crippen LogP) is -2.45. The first-order valence-corrected chi connectivity index (χ1v) is 3.87. The zero-order valence-corrected chi connectivity index (χ0v) is 7.07. The van der Waals surface area contributed by atoms with Crippen LogP contribution in [-0.2, 0) is 9.53 Å². The van der Waals surface area contributed by atoms with E-state index in [1.165, 1.54) is 0 Å². The molecule has 0 bridgehead atoms. The highest BCUT2D eigenvalue weighted by molar-refractivity contribution is 5.73. The van der Waals surface area contributed by atoms with Crippen LogP contribution in [0.3, 0.4) is 0 Å². The fourth-order valence-corrected chi connectivity index (χ4v) is 1.22. The molecule has 14 heavy (non-hydrogen) atoms. The molecular weight excluding hydrogens is 192 g/mol. The number of aliphatic hydroxyl groups excluding tert-OH is 3. The lowest BCUT2D eigenvalue weighted by molar-refractivity contribution is -0.215. The summed E-state index contributed by atoms with van der Waals surface area (Å²) in [6.45, 7) is 0. The number of aliphatic carboxylic acids is 1. The standard InChI is InChI=1S/C8H10O6/c1-2-3-4(9)5(10)6(11)7(14-3)8(12)13/h1,3-7,9-11H,(H,12,13)/t3-,4-,5+,6-,7-/m0/s1. The summed E-state index contributed by atoms with van der Waals surface area (Å²) in [6, 6.07) is 0. The SMILES string of the molecule is C#C[C@@H]1O[C@H](C(=O)O)[C@@H](O)[C@H](O)[C@H]1O. The molecule has 0 radical (unpaired) electrons. The average molecular weight is 202 g/mol. The second-order valence-electron chi connectivity index (χ2n) is 2.95. The molecule has 1 heterocycles. The van der Waals surface area contributed by atoms with Crippen molar-refractivity contribution in [1.29, 1.82) is 0 Å². The summed E-state index contributed by atoms with van der Waals surface area (Å²) < 4.78 is 4.70. The van der Waals surface area contributed by atoms with E-state index in [2.05, 4.69) is 0 Å². The third kappa shape index (κ3) is 1.71. The Balaban J connectivity index is 2.85. The number of carboxylic acids is 1. The number of hydrogen-bond donors (Lipinski definition) is 4. The quantitative estimate of drug-likeness (QED) is 0.352. The van der Waals surface area contributed by atoms with E-state index in [-0.39, 0.29) is 0 Å². The molecule has 4 N–H and O–H groups in total. The highest BCUT2D eigenvalue weighted by atomic mass is 16.6. The second kappa shape index (κ2) is 3.94. The van der Waals surface area contributed by atoms with Crippen LogP contribution >= 0.6 is 0 Å². The van der Waals surface area contributed by atoms with Crippen LogP contribution in [0.15, 0.2) is 0 Å². The van der Waals surface area contributed by atoms with Crippen LogP contribution < -0.4 is 0 Å². The van der Waals surface area contributed by atoms with Crippen molar-refractivity contribution in [3.05, 3.63) is 0 Å². The van der Waals surface area contributed by atoms with Gasteiger partial charge in [0.2, 0.25) is 0 Å². The molecule has 1 fully saturated rings. The van der Waals surface area contributed by atoms with Crippen molar-refractivity contribution >= 4 is 5.97 Å². The van der Waals surface area contributed by atoms with Crippen LogP contribution in [0.5, 0.6) is 0 Å². The van der Waals surface area contributed by atoms with Crippen LogP contribution in [0.25, 0.3) is 0 Å². The van der Waals surface area contributed by atoms with Gasteiger partial charge >= 0.3 is 5.97 Å². The first-order chi connectivity index (χ1) is 6.49. The van der Waals surface area contributed by atoms with Crippen molar-refractivity contribution in [2.24, 2.45) is 0 Å². The topological polar surface area (TPSA) is 107 Å². The number of hydrogen-bond acceptors (Lipinski definition) is 5. The highest BCUT2D eigenvalue weighted by Crippen LogP contribution is 2.20. The van der Waals surface area contributed by atoms with Crippen molar-refractivity contribution < 1.29 is 30.0 Å². The highest BCUT2D eigenvalue weighted by Gasteiger charge is 2.46. The van der Waals surface area contributed by atoms with Gasteiger partial charge in [0.05, 0.1) is 0 Å². The summed E-state index contributed by atoms with van der Waals surface area (Å²) in [4.78, 5) is 10.5. The van der Waals surface area contributed by atoms with Gasteiger partial charge in [0.1, 0.15) is 24.4 Å². The first-order valence-electron chi connectivity index (χ1n) is 3.87. The molecule has 1 aliphatic heterocycles. The molecule has 0 aromatic rings. The Bertz CT molecular complexity index is 269. The Kier molecular flexibility index (Phi) is 3.08. The molecule has 6 nitrogen and oxygen atoms in total. The minimum atomic E-state index is -1.69. The second-order valence-corrected chi connectivity index (χ2v) is 2.95. The third-order valence-electron chi connectivity index (χ3n) is 2.02. The lowest BCUT2D eigenvalue weighted by Gasteiger charge is -2.36. The van der Waals surface area contributed by atoms with Crippen LogP contribution in [0, 0.1) is 12.3 Å². The fourth-order valence-electron chi connectivity index (χ4n) is 1.22. The summed E-state index contributed by atoms with van der Waals surface area (Å²) in [7, 11) is 0. The van der Waals surface area contributed by atoms with Crippen molar-refractivity contribution in [3.63, 3.8) is 0 Å². The van der Waals surface area contributed by atoms with Crippen LogP contribution in [-0.4, -0.2) is 56.9 Å². The van der Waals surface area contributed by atoms with E-state index in [4.69, 9.17) is 16.3 Å². The Morgan fingerprint density at radius 1 is 1.21 bits per heavy atom. The maximum atomic E-state index is 10.5. The maximum Gasteiger partial charge on any atom is 0.335 e. The molecule has 0 unspecified atom stereocenters. The van der Waals surface area contributed by atoms with Gasteiger partial charge in [-0.3, -0.25) is 0 Å². The van der Waals surface area contributed by atoms with E-state index in [0.717, 1.165) is 0 Å². The van der Waals surface area contributed by atoms with Crippen molar-refractivity contribution in [1.82, 2.24) is 0 Å². The lowest BCUT2D eigenvalue weighted by Crippen LogP contribution is -2.59. The summed E-state index contributed by atoms with van der Waals surface area (Å²) in [6.07, 6.45) is -2.69. The molecule has 1 saturated heterocycles. The Labute approximate surface area is 79.7 Å². The Morgan fingerprint density at radius 3 is 2.21 bits per heavy atom. The van der Waals surface area contributed by atoms with Crippen LogP contribution in [0.4, 0.5) is 0 Å². The monoisotopic (exact) mass is 202 g/mol. The summed E-state index contributed by atoms with van der Waals surface area (Å²) in [5.74, 6) is 0.542. The molecule has 78 valence electrons. The van der Waals surface area contributed by atoms with Crippen LogP contribution in [0.2, 0.25) is 0 Å². The van der Waals surface area contributed by atoms with Gasteiger partial charge in [-0.05, 0) is 0 Å². The van der Waals surface area contributed by atoms with Gasteiger partial charge in [-0.2, -0.15) is 0 Å². The van der Waals surface area contributed by atoms with E-state index in [1.54, 1.807) is 0 Å². The predicted molar refractivity (Wildman–Crippen MR) is 43.2 cm³/mol. The number of carbonyl (C=O) groups is 1. The van der Waals surface area contributed by atoms with E-state index < -0.39 is 36.5 Å². The van der Waals surface area contributed by atoms with Crippen molar-refractivity contribution in [2.75, 3.05) is 0 Å². The van der Waals surface area contributed by atoms with Gasteiger partial charge in [-0.15, -0.1) is 6.42 Å². The number of aliphatic hydroxyl groups is 3. The van der Waals surface area contributed by atoms with Gasteiger partial charge in [-0.1, -0.05) is 5.92 Å². The summed E-state index contributed by atoms with van der Waals surface area (Å²) >= 11 is 0. The zero-order chi connectivity index (χ0) is 10.9. The Hall–Kier alpha value is -1.13. The molecule has 5 atom stereocenters.